The highest BCUT2D eigenvalue weighted by molar-refractivity contribution is 6.42. The fraction of sp³-hybridized carbons (Fsp3) is 0.600. The molecule has 0 spiro atoms. The summed E-state index contributed by atoms with van der Waals surface area (Å²) >= 11 is 12.2. The first-order valence-electron chi connectivity index (χ1n) is 6.78. The van der Waals surface area contributed by atoms with Crippen molar-refractivity contribution in [3.8, 4) is 0 Å². The Bertz CT molecular complexity index is 360. The lowest BCUT2D eigenvalue weighted by Crippen LogP contribution is -2.32. The maximum absolute atomic E-state index is 6.34. The van der Waals surface area contributed by atoms with Crippen LogP contribution in [0.1, 0.15) is 45.1 Å². The van der Waals surface area contributed by atoms with Gasteiger partial charge in [0.25, 0.3) is 0 Å². The zero-order valence-corrected chi connectivity index (χ0v) is 12.8. The molecule has 0 radical (unpaired) electrons. The molecular formula is C15H23Cl2N. The van der Waals surface area contributed by atoms with Crippen molar-refractivity contribution < 1.29 is 0 Å². The summed E-state index contributed by atoms with van der Waals surface area (Å²) in [5, 5.41) is 1.27. The third-order valence-electron chi connectivity index (χ3n) is 3.41. The van der Waals surface area contributed by atoms with Crippen LogP contribution in [0.2, 0.25) is 10.0 Å². The molecule has 0 aliphatic carbocycles. The van der Waals surface area contributed by atoms with E-state index in [2.05, 4.69) is 13.8 Å². The summed E-state index contributed by atoms with van der Waals surface area (Å²) in [5.74, 6) is 0.579. The van der Waals surface area contributed by atoms with Crippen LogP contribution in [0.4, 0.5) is 0 Å². The summed E-state index contributed by atoms with van der Waals surface area (Å²) in [6, 6.07) is 5.93. The van der Waals surface area contributed by atoms with E-state index in [9.17, 15) is 0 Å². The van der Waals surface area contributed by atoms with Crippen LogP contribution in [0.25, 0.3) is 0 Å². The van der Waals surface area contributed by atoms with Gasteiger partial charge in [-0.3, -0.25) is 0 Å². The van der Waals surface area contributed by atoms with Crippen LogP contribution in [0, 0.1) is 5.92 Å². The van der Waals surface area contributed by atoms with E-state index in [0.717, 1.165) is 12.0 Å². The molecule has 1 atom stereocenters. The van der Waals surface area contributed by atoms with Gasteiger partial charge in [-0.2, -0.15) is 0 Å². The summed E-state index contributed by atoms with van der Waals surface area (Å²) in [4.78, 5) is 0. The van der Waals surface area contributed by atoms with E-state index >= 15 is 0 Å². The van der Waals surface area contributed by atoms with Crippen LogP contribution in [-0.2, 0) is 6.42 Å². The second kappa shape index (κ2) is 8.04. The number of halogens is 2. The van der Waals surface area contributed by atoms with Crippen molar-refractivity contribution in [3.05, 3.63) is 33.8 Å². The summed E-state index contributed by atoms with van der Waals surface area (Å²) in [7, 11) is 0. The summed E-state index contributed by atoms with van der Waals surface area (Å²) in [5.41, 5.74) is 7.40. The molecule has 1 aromatic rings. The highest BCUT2D eigenvalue weighted by Crippen LogP contribution is 2.28. The van der Waals surface area contributed by atoms with Crippen LogP contribution < -0.4 is 5.73 Å². The standard InChI is InChI=1S/C15H23Cl2N/c1-3-6-11(7-4-2)14(18)10-12-8-5-9-13(16)15(12)17/h5,8-9,11,14H,3-4,6-7,10,18H2,1-2H3. The Morgan fingerprint density at radius 1 is 1.11 bits per heavy atom. The van der Waals surface area contributed by atoms with Crippen LogP contribution in [-0.4, -0.2) is 6.04 Å². The van der Waals surface area contributed by atoms with Gasteiger partial charge in [0.2, 0.25) is 0 Å². The van der Waals surface area contributed by atoms with Crippen molar-refractivity contribution in [2.45, 2.75) is 52.0 Å². The predicted molar refractivity (Wildman–Crippen MR) is 81.4 cm³/mol. The molecular weight excluding hydrogens is 265 g/mol. The van der Waals surface area contributed by atoms with Gasteiger partial charge in [-0.1, -0.05) is 62.0 Å². The SMILES string of the molecule is CCCC(CCC)C(N)Cc1cccc(Cl)c1Cl. The summed E-state index contributed by atoms with van der Waals surface area (Å²) in [6.45, 7) is 4.42. The first-order chi connectivity index (χ1) is 8.60. The molecule has 0 saturated carbocycles. The Hall–Kier alpha value is -0.240. The Morgan fingerprint density at radius 2 is 1.72 bits per heavy atom. The highest BCUT2D eigenvalue weighted by atomic mass is 35.5. The van der Waals surface area contributed by atoms with Gasteiger partial charge < -0.3 is 5.73 Å². The predicted octanol–water partition coefficient (Wildman–Crippen LogP) is 5.08. The van der Waals surface area contributed by atoms with Crippen molar-refractivity contribution in [2.75, 3.05) is 0 Å². The lowest BCUT2D eigenvalue weighted by atomic mass is 9.87. The van der Waals surface area contributed by atoms with Gasteiger partial charge in [0.1, 0.15) is 0 Å². The maximum atomic E-state index is 6.34. The van der Waals surface area contributed by atoms with E-state index in [1.54, 1.807) is 0 Å². The first-order valence-corrected chi connectivity index (χ1v) is 7.54. The molecule has 1 rings (SSSR count). The molecule has 0 heterocycles. The number of rotatable bonds is 7. The topological polar surface area (TPSA) is 26.0 Å². The molecule has 18 heavy (non-hydrogen) atoms. The molecule has 2 N–H and O–H groups in total. The van der Waals surface area contributed by atoms with E-state index in [1.807, 2.05) is 18.2 Å². The molecule has 3 heteroatoms. The zero-order chi connectivity index (χ0) is 13.5. The fourth-order valence-corrected chi connectivity index (χ4v) is 2.84. The van der Waals surface area contributed by atoms with Crippen LogP contribution in [0.5, 0.6) is 0 Å². The van der Waals surface area contributed by atoms with Gasteiger partial charge in [0, 0.05) is 6.04 Å². The molecule has 0 aliphatic rings. The number of hydrogen-bond donors (Lipinski definition) is 1. The number of nitrogens with two attached hydrogens (primary N) is 1. The second-order valence-corrected chi connectivity index (χ2v) is 5.70. The van der Waals surface area contributed by atoms with Gasteiger partial charge in [0.05, 0.1) is 10.0 Å². The van der Waals surface area contributed by atoms with Gasteiger partial charge in [-0.05, 0) is 36.8 Å². The molecule has 1 aromatic carbocycles. The largest absolute Gasteiger partial charge is 0.327 e. The molecule has 0 bridgehead atoms. The average Bonchev–Trinajstić information content (AvgIpc) is 2.34. The highest BCUT2D eigenvalue weighted by Gasteiger charge is 2.18. The Kier molecular flexibility index (Phi) is 7.06. The third-order valence-corrected chi connectivity index (χ3v) is 4.27. The minimum absolute atomic E-state index is 0.167. The smallest absolute Gasteiger partial charge is 0.0624 e. The monoisotopic (exact) mass is 287 g/mol. The third kappa shape index (κ3) is 4.46. The maximum Gasteiger partial charge on any atom is 0.0624 e. The van der Waals surface area contributed by atoms with Crippen LogP contribution >= 0.6 is 23.2 Å². The normalized spacial score (nSPS) is 13.0. The van der Waals surface area contributed by atoms with Crippen molar-refractivity contribution in [1.29, 1.82) is 0 Å². The minimum Gasteiger partial charge on any atom is -0.327 e. The lowest BCUT2D eigenvalue weighted by Gasteiger charge is -2.23. The second-order valence-electron chi connectivity index (χ2n) is 4.92. The first kappa shape index (κ1) is 15.8. The van der Waals surface area contributed by atoms with Gasteiger partial charge in [-0.15, -0.1) is 0 Å². The quantitative estimate of drug-likeness (QED) is 0.744. The van der Waals surface area contributed by atoms with E-state index in [1.165, 1.54) is 25.7 Å². The molecule has 1 nitrogen and oxygen atoms in total. The van der Waals surface area contributed by atoms with E-state index in [0.29, 0.717) is 16.0 Å². The number of benzene rings is 1. The average molecular weight is 288 g/mol. The lowest BCUT2D eigenvalue weighted by molar-refractivity contribution is 0.360. The molecule has 102 valence electrons. The molecule has 0 saturated heterocycles. The Balaban J connectivity index is 2.72. The molecule has 1 unspecified atom stereocenters. The molecule has 0 aliphatic heterocycles. The van der Waals surface area contributed by atoms with Gasteiger partial charge in [-0.25, -0.2) is 0 Å². The Morgan fingerprint density at radius 3 is 2.28 bits per heavy atom. The molecule has 0 fully saturated rings. The number of hydrogen-bond acceptors (Lipinski definition) is 1. The summed E-state index contributed by atoms with van der Waals surface area (Å²) in [6.07, 6.45) is 5.55. The molecule has 0 amide bonds. The fourth-order valence-electron chi connectivity index (χ4n) is 2.44. The van der Waals surface area contributed by atoms with Crippen LogP contribution in [0.3, 0.4) is 0 Å². The van der Waals surface area contributed by atoms with Gasteiger partial charge >= 0.3 is 0 Å². The van der Waals surface area contributed by atoms with Crippen LogP contribution in [0.15, 0.2) is 18.2 Å². The van der Waals surface area contributed by atoms with E-state index < -0.39 is 0 Å². The minimum atomic E-state index is 0.167. The zero-order valence-electron chi connectivity index (χ0n) is 11.3. The van der Waals surface area contributed by atoms with E-state index in [4.69, 9.17) is 28.9 Å². The van der Waals surface area contributed by atoms with Crippen molar-refractivity contribution in [1.82, 2.24) is 0 Å². The Labute approximate surface area is 121 Å². The molecule has 0 aromatic heterocycles. The van der Waals surface area contributed by atoms with Crippen molar-refractivity contribution in [3.63, 3.8) is 0 Å². The van der Waals surface area contributed by atoms with Crippen molar-refractivity contribution >= 4 is 23.2 Å². The van der Waals surface area contributed by atoms with Gasteiger partial charge in [0.15, 0.2) is 0 Å². The van der Waals surface area contributed by atoms with Crippen molar-refractivity contribution in [2.24, 2.45) is 11.7 Å². The van der Waals surface area contributed by atoms with E-state index in [-0.39, 0.29) is 6.04 Å². The summed E-state index contributed by atoms with van der Waals surface area (Å²) < 4.78 is 0.